The van der Waals surface area contributed by atoms with Gasteiger partial charge in [-0.2, -0.15) is 0 Å². The maximum Gasteiger partial charge on any atom is 0.341 e. The second-order valence-corrected chi connectivity index (χ2v) is 4.61. The van der Waals surface area contributed by atoms with Crippen molar-refractivity contribution in [3.63, 3.8) is 0 Å². The van der Waals surface area contributed by atoms with Crippen LogP contribution in [0.15, 0.2) is 48.5 Å². The largest absolute Gasteiger partial charge is 0.482 e. The van der Waals surface area contributed by atoms with Gasteiger partial charge in [0.2, 0.25) is 0 Å². The minimum Gasteiger partial charge on any atom is -0.482 e. The van der Waals surface area contributed by atoms with Crippen LogP contribution in [0.5, 0.6) is 5.75 Å². The van der Waals surface area contributed by atoms with Crippen LogP contribution in [0.3, 0.4) is 0 Å². The number of carboxylic acids is 1. The van der Waals surface area contributed by atoms with Crippen LogP contribution in [0.1, 0.15) is 10.4 Å². The predicted octanol–water partition coefficient (Wildman–Crippen LogP) is 3.06. The monoisotopic (exact) mass is 305 g/mol. The molecule has 0 heterocycles. The zero-order valence-corrected chi connectivity index (χ0v) is 11.6. The van der Waals surface area contributed by atoms with Crippen LogP contribution in [0.4, 0.5) is 5.69 Å². The quantitative estimate of drug-likeness (QED) is 0.890. The van der Waals surface area contributed by atoms with Crippen molar-refractivity contribution in [3.05, 3.63) is 59.1 Å². The molecule has 0 aromatic heterocycles. The van der Waals surface area contributed by atoms with Crippen molar-refractivity contribution in [2.75, 3.05) is 11.9 Å². The minimum absolute atomic E-state index is 0.290. The minimum atomic E-state index is -1.06. The van der Waals surface area contributed by atoms with Crippen molar-refractivity contribution in [2.45, 2.75) is 0 Å². The third-order valence-electron chi connectivity index (χ3n) is 2.56. The molecule has 0 radical (unpaired) electrons. The van der Waals surface area contributed by atoms with Gasteiger partial charge in [0, 0.05) is 22.3 Å². The third-order valence-corrected chi connectivity index (χ3v) is 2.81. The molecule has 6 heteroatoms. The summed E-state index contributed by atoms with van der Waals surface area (Å²) in [6.07, 6.45) is 0. The number of aliphatic carboxylic acids is 1. The fourth-order valence-corrected chi connectivity index (χ4v) is 1.74. The summed E-state index contributed by atoms with van der Waals surface area (Å²) >= 11 is 5.76. The van der Waals surface area contributed by atoms with Gasteiger partial charge in [-0.1, -0.05) is 17.7 Å². The van der Waals surface area contributed by atoms with E-state index in [9.17, 15) is 9.59 Å². The van der Waals surface area contributed by atoms with E-state index in [1.807, 2.05) is 0 Å². The highest BCUT2D eigenvalue weighted by molar-refractivity contribution is 6.30. The molecule has 0 aliphatic heterocycles. The zero-order valence-electron chi connectivity index (χ0n) is 10.9. The van der Waals surface area contributed by atoms with Gasteiger partial charge >= 0.3 is 5.97 Å². The molecule has 108 valence electrons. The Kier molecular flexibility index (Phi) is 4.79. The van der Waals surface area contributed by atoms with E-state index in [4.69, 9.17) is 21.4 Å². The molecular formula is C15H12ClNO4. The number of halogens is 1. The number of rotatable bonds is 5. The lowest BCUT2D eigenvalue weighted by atomic mass is 10.2. The molecule has 21 heavy (non-hydrogen) atoms. The van der Waals surface area contributed by atoms with Crippen LogP contribution >= 0.6 is 11.6 Å². The molecule has 0 atom stereocenters. The number of hydrogen-bond acceptors (Lipinski definition) is 3. The van der Waals surface area contributed by atoms with Gasteiger partial charge in [-0.3, -0.25) is 4.79 Å². The molecular weight excluding hydrogens is 294 g/mol. The summed E-state index contributed by atoms with van der Waals surface area (Å²) in [6, 6.07) is 13.0. The van der Waals surface area contributed by atoms with E-state index in [1.165, 1.54) is 0 Å². The van der Waals surface area contributed by atoms with Gasteiger partial charge in [-0.05, 0) is 36.4 Å². The number of nitrogens with one attached hydrogen (secondary N) is 1. The molecule has 0 fully saturated rings. The van der Waals surface area contributed by atoms with Crippen molar-refractivity contribution in [2.24, 2.45) is 0 Å². The van der Waals surface area contributed by atoms with Crippen molar-refractivity contribution >= 4 is 29.2 Å². The standard InChI is InChI=1S/C15H12ClNO4/c16-11-6-4-10(5-7-11)15(20)17-12-2-1-3-13(8-12)21-9-14(18)19/h1-8H,9H2,(H,17,20)(H,18,19). The Morgan fingerprint density at radius 2 is 1.86 bits per heavy atom. The van der Waals surface area contributed by atoms with Crippen molar-refractivity contribution in [3.8, 4) is 5.75 Å². The smallest absolute Gasteiger partial charge is 0.341 e. The number of anilines is 1. The SMILES string of the molecule is O=C(O)COc1cccc(NC(=O)c2ccc(Cl)cc2)c1. The second-order valence-electron chi connectivity index (χ2n) is 4.17. The van der Waals surface area contributed by atoms with E-state index in [1.54, 1.807) is 48.5 Å². The highest BCUT2D eigenvalue weighted by Crippen LogP contribution is 2.18. The molecule has 2 rings (SSSR count). The van der Waals surface area contributed by atoms with Crippen molar-refractivity contribution in [1.82, 2.24) is 0 Å². The summed E-state index contributed by atoms with van der Waals surface area (Å²) in [5.41, 5.74) is 0.981. The Morgan fingerprint density at radius 3 is 2.52 bits per heavy atom. The maximum atomic E-state index is 12.0. The number of carboxylic acid groups (broad SMARTS) is 1. The van der Waals surface area contributed by atoms with Gasteiger partial charge in [-0.25, -0.2) is 4.79 Å². The first kappa shape index (κ1) is 14.9. The Bertz CT molecular complexity index is 655. The number of hydrogen-bond donors (Lipinski definition) is 2. The summed E-state index contributed by atoms with van der Waals surface area (Å²) in [6.45, 7) is -0.436. The zero-order chi connectivity index (χ0) is 15.2. The Labute approximate surface area is 126 Å². The molecule has 0 unspecified atom stereocenters. The topological polar surface area (TPSA) is 75.6 Å². The molecule has 2 N–H and O–H groups in total. The average Bonchev–Trinajstić information content (AvgIpc) is 2.46. The van der Waals surface area contributed by atoms with Crippen LogP contribution in [0.2, 0.25) is 5.02 Å². The van der Waals surface area contributed by atoms with E-state index in [2.05, 4.69) is 5.32 Å². The highest BCUT2D eigenvalue weighted by atomic mass is 35.5. The molecule has 0 aliphatic rings. The summed E-state index contributed by atoms with van der Waals surface area (Å²) in [5, 5.41) is 11.8. The number of carbonyl (C=O) groups excluding carboxylic acids is 1. The first-order valence-corrected chi connectivity index (χ1v) is 6.44. The van der Waals surface area contributed by atoms with E-state index in [-0.39, 0.29) is 5.91 Å². The number of ether oxygens (including phenoxy) is 1. The van der Waals surface area contributed by atoms with Gasteiger partial charge in [0.15, 0.2) is 6.61 Å². The second kappa shape index (κ2) is 6.76. The van der Waals surface area contributed by atoms with E-state index in [0.717, 1.165) is 0 Å². The lowest BCUT2D eigenvalue weighted by molar-refractivity contribution is -0.139. The Hall–Kier alpha value is -2.53. The van der Waals surface area contributed by atoms with Crippen LogP contribution in [0.25, 0.3) is 0 Å². The lowest BCUT2D eigenvalue weighted by Gasteiger charge is -2.08. The molecule has 2 aromatic carbocycles. The molecule has 5 nitrogen and oxygen atoms in total. The summed E-state index contributed by atoms with van der Waals surface area (Å²) < 4.78 is 5.04. The van der Waals surface area contributed by atoms with E-state index >= 15 is 0 Å². The fourth-order valence-electron chi connectivity index (χ4n) is 1.61. The number of carbonyl (C=O) groups is 2. The van der Waals surface area contributed by atoms with Crippen LogP contribution < -0.4 is 10.1 Å². The van der Waals surface area contributed by atoms with Gasteiger partial charge in [0.25, 0.3) is 5.91 Å². The summed E-state index contributed by atoms with van der Waals surface area (Å²) in [4.78, 5) is 22.5. The molecule has 0 aliphatic carbocycles. The first-order valence-electron chi connectivity index (χ1n) is 6.06. The van der Waals surface area contributed by atoms with Gasteiger partial charge in [-0.15, -0.1) is 0 Å². The lowest BCUT2D eigenvalue weighted by Crippen LogP contribution is -2.12. The Morgan fingerprint density at radius 1 is 1.14 bits per heavy atom. The van der Waals surface area contributed by atoms with Gasteiger partial charge in [0.05, 0.1) is 0 Å². The normalized spacial score (nSPS) is 9.95. The molecule has 2 aromatic rings. The Balaban J connectivity index is 2.05. The summed E-state index contributed by atoms with van der Waals surface area (Å²) in [5.74, 6) is -0.987. The predicted molar refractivity (Wildman–Crippen MR) is 79.0 cm³/mol. The van der Waals surface area contributed by atoms with Gasteiger partial charge < -0.3 is 15.2 Å². The molecule has 0 spiro atoms. The van der Waals surface area contributed by atoms with Crippen molar-refractivity contribution < 1.29 is 19.4 Å². The maximum absolute atomic E-state index is 12.0. The van der Waals surface area contributed by atoms with Crippen LogP contribution in [-0.2, 0) is 4.79 Å². The number of benzene rings is 2. The first-order chi connectivity index (χ1) is 10.0. The third kappa shape index (κ3) is 4.50. The fraction of sp³-hybridized carbons (Fsp3) is 0.0667. The molecule has 0 saturated carbocycles. The summed E-state index contributed by atoms with van der Waals surface area (Å²) in [7, 11) is 0. The average molecular weight is 306 g/mol. The van der Waals surface area contributed by atoms with Crippen LogP contribution in [0, 0.1) is 0 Å². The highest BCUT2D eigenvalue weighted by Gasteiger charge is 2.07. The van der Waals surface area contributed by atoms with E-state index < -0.39 is 12.6 Å². The molecule has 0 saturated heterocycles. The molecule has 0 bridgehead atoms. The van der Waals surface area contributed by atoms with Gasteiger partial charge in [0.1, 0.15) is 5.75 Å². The van der Waals surface area contributed by atoms with E-state index in [0.29, 0.717) is 22.0 Å². The number of amides is 1. The van der Waals surface area contributed by atoms with Crippen LogP contribution in [-0.4, -0.2) is 23.6 Å². The van der Waals surface area contributed by atoms with Crippen molar-refractivity contribution in [1.29, 1.82) is 0 Å². The molecule has 1 amide bonds.